The molecule has 2 heterocycles. The lowest BCUT2D eigenvalue weighted by Gasteiger charge is -2.10. The zero-order valence-electron chi connectivity index (χ0n) is 16.4. The third-order valence-corrected chi connectivity index (χ3v) is 5.14. The summed E-state index contributed by atoms with van der Waals surface area (Å²) >= 11 is 6.04. The van der Waals surface area contributed by atoms with Gasteiger partial charge in [0.05, 0.1) is 0 Å². The summed E-state index contributed by atoms with van der Waals surface area (Å²) in [7, 11) is 0. The molecule has 4 rings (SSSR count). The van der Waals surface area contributed by atoms with Gasteiger partial charge in [-0.15, -0.1) is 0 Å². The van der Waals surface area contributed by atoms with Crippen molar-refractivity contribution in [1.82, 2.24) is 19.9 Å². The standard InChI is InChI=1S/C23H20ClFN4O/c1-2-11-29-21(28-20-7-4-10-26-22(20)29)15-5-3-6-16(12-15)23(30)27-14-17-8-9-18(25)13-19(17)24/h3-10,12-13H,2,11,14H2,1H3,(H,27,30). The fourth-order valence-corrected chi connectivity index (χ4v) is 3.59. The van der Waals surface area contributed by atoms with E-state index >= 15 is 0 Å². The van der Waals surface area contributed by atoms with Crippen molar-refractivity contribution in [2.45, 2.75) is 26.4 Å². The molecular weight excluding hydrogens is 403 g/mol. The lowest BCUT2D eigenvalue weighted by Crippen LogP contribution is -2.23. The van der Waals surface area contributed by atoms with Crippen LogP contribution in [0, 0.1) is 5.82 Å². The molecule has 7 heteroatoms. The van der Waals surface area contributed by atoms with Crippen LogP contribution in [0.5, 0.6) is 0 Å². The zero-order chi connectivity index (χ0) is 21.1. The summed E-state index contributed by atoms with van der Waals surface area (Å²) in [6.45, 7) is 3.09. The first kappa shape index (κ1) is 20.0. The Morgan fingerprint density at radius 2 is 2.03 bits per heavy atom. The number of hydrogen-bond donors (Lipinski definition) is 1. The Hall–Kier alpha value is -3.25. The molecule has 2 aromatic heterocycles. The van der Waals surface area contributed by atoms with Crippen LogP contribution in [0.4, 0.5) is 4.39 Å². The van der Waals surface area contributed by atoms with E-state index in [9.17, 15) is 9.18 Å². The Labute approximate surface area is 178 Å². The molecule has 30 heavy (non-hydrogen) atoms. The molecule has 0 unspecified atom stereocenters. The minimum absolute atomic E-state index is 0.209. The monoisotopic (exact) mass is 422 g/mol. The van der Waals surface area contributed by atoms with Gasteiger partial charge in [0.2, 0.25) is 0 Å². The topological polar surface area (TPSA) is 59.8 Å². The first-order valence-corrected chi connectivity index (χ1v) is 10.1. The fourth-order valence-electron chi connectivity index (χ4n) is 3.36. The van der Waals surface area contributed by atoms with Crippen molar-refractivity contribution in [2.24, 2.45) is 0 Å². The maximum Gasteiger partial charge on any atom is 0.251 e. The Kier molecular flexibility index (Phi) is 5.77. The summed E-state index contributed by atoms with van der Waals surface area (Å²) in [6.07, 6.45) is 2.69. The number of rotatable bonds is 6. The maximum atomic E-state index is 13.2. The Morgan fingerprint density at radius 1 is 1.17 bits per heavy atom. The average Bonchev–Trinajstić information content (AvgIpc) is 3.12. The fraction of sp³-hybridized carbons (Fsp3) is 0.174. The van der Waals surface area contributed by atoms with E-state index in [4.69, 9.17) is 16.6 Å². The Balaban J connectivity index is 1.60. The molecule has 5 nitrogen and oxygen atoms in total. The molecule has 0 aliphatic carbocycles. The van der Waals surface area contributed by atoms with Crippen LogP contribution in [0.3, 0.4) is 0 Å². The van der Waals surface area contributed by atoms with Crippen LogP contribution in [-0.2, 0) is 13.1 Å². The van der Waals surface area contributed by atoms with Gasteiger partial charge < -0.3 is 9.88 Å². The van der Waals surface area contributed by atoms with Crippen LogP contribution in [0.15, 0.2) is 60.8 Å². The van der Waals surface area contributed by atoms with Crippen molar-refractivity contribution in [1.29, 1.82) is 0 Å². The number of imidazole rings is 1. The summed E-state index contributed by atoms with van der Waals surface area (Å²) in [5.74, 6) is 0.127. The summed E-state index contributed by atoms with van der Waals surface area (Å²) in [5, 5.41) is 3.12. The van der Waals surface area contributed by atoms with Gasteiger partial charge in [0, 0.05) is 35.4 Å². The number of hydrogen-bond acceptors (Lipinski definition) is 3. The molecule has 1 N–H and O–H groups in total. The number of benzene rings is 2. The van der Waals surface area contributed by atoms with E-state index in [-0.39, 0.29) is 17.5 Å². The van der Waals surface area contributed by atoms with E-state index in [1.165, 1.54) is 12.1 Å². The van der Waals surface area contributed by atoms with Crippen LogP contribution >= 0.6 is 11.6 Å². The summed E-state index contributed by atoms with van der Waals surface area (Å²) in [6, 6.07) is 15.2. The Bertz CT molecular complexity index is 1220. The zero-order valence-corrected chi connectivity index (χ0v) is 17.2. The van der Waals surface area contributed by atoms with E-state index in [1.807, 2.05) is 30.3 Å². The largest absolute Gasteiger partial charge is 0.348 e. The van der Waals surface area contributed by atoms with Crippen LogP contribution in [0.1, 0.15) is 29.3 Å². The van der Waals surface area contributed by atoms with Crippen LogP contribution < -0.4 is 5.32 Å². The molecule has 152 valence electrons. The van der Waals surface area contributed by atoms with Gasteiger partial charge in [-0.3, -0.25) is 4.79 Å². The predicted molar refractivity (Wildman–Crippen MR) is 116 cm³/mol. The van der Waals surface area contributed by atoms with E-state index in [0.29, 0.717) is 11.1 Å². The van der Waals surface area contributed by atoms with Gasteiger partial charge in [-0.2, -0.15) is 0 Å². The van der Waals surface area contributed by atoms with E-state index in [1.54, 1.807) is 18.3 Å². The lowest BCUT2D eigenvalue weighted by molar-refractivity contribution is 0.0951. The SMILES string of the molecule is CCCn1c(-c2cccc(C(=O)NCc3ccc(F)cc3Cl)c2)nc2cccnc21. The van der Waals surface area contributed by atoms with Gasteiger partial charge in [-0.05, 0) is 48.4 Å². The van der Waals surface area contributed by atoms with Crippen LogP contribution in [0.25, 0.3) is 22.6 Å². The molecule has 1 amide bonds. The highest BCUT2D eigenvalue weighted by Gasteiger charge is 2.15. The minimum Gasteiger partial charge on any atom is -0.348 e. The smallest absolute Gasteiger partial charge is 0.251 e. The Morgan fingerprint density at radius 3 is 2.83 bits per heavy atom. The van der Waals surface area contributed by atoms with Gasteiger partial charge in [-0.25, -0.2) is 14.4 Å². The molecule has 2 aromatic carbocycles. The molecule has 0 atom stereocenters. The molecule has 0 radical (unpaired) electrons. The van der Waals surface area contributed by atoms with E-state index in [0.717, 1.165) is 35.5 Å². The molecule has 0 saturated carbocycles. The van der Waals surface area contributed by atoms with Gasteiger partial charge >= 0.3 is 0 Å². The number of aromatic nitrogens is 3. The van der Waals surface area contributed by atoms with Gasteiger partial charge in [0.15, 0.2) is 5.65 Å². The quantitative estimate of drug-likeness (QED) is 0.462. The maximum absolute atomic E-state index is 13.2. The van der Waals surface area contributed by atoms with Gasteiger partial charge in [0.1, 0.15) is 17.2 Å². The van der Waals surface area contributed by atoms with E-state index < -0.39 is 5.82 Å². The third kappa shape index (κ3) is 4.04. The van der Waals surface area contributed by atoms with Gasteiger partial charge in [-0.1, -0.05) is 36.7 Å². The summed E-state index contributed by atoms with van der Waals surface area (Å²) in [5.41, 5.74) is 3.65. The number of aryl methyl sites for hydroxylation is 1. The van der Waals surface area contributed by atoms with Crippen molar-refractivity contribution in [2.75, 3.05) is 0 Å². The second-order valence-corrected chi connectivity index (χ2v) is 7.34. The second-order valence-electron chi connectivity index (χ2n) is 6.93. The van der Waals surface area contributed by atoms with E-state index in [2.05, 4.69) is 21.8 Å². The summed E-state index contributed by atoms with van der Waals surface area (Å²) < 4.78 is 15.3. The molecule has 0 aliphatic rings. The van der Waals surface area contributed by atoms with Crippen molar-refractivity contribution in [3.8, 4) is 11.4 Å². The van der Waals surface area contributed by atoms with Crippen molar-refractivity contribution in [3.05, 3.63) is 82.8 Å². The lowest BCUT2D eigenvalue weighted by atomic mass is 10.1. The van der Waals surface area contributed by atoms with Crippen molar-refractivity contribution in [3.63, 3.8) is 0 Å². The van der Waals surface area contributed by atoms with Crippen LogP contribution in [0.2, 0.25) is 5.02 Å². The predicted octanol–water partition coefficient (Wildman–Crippen LogP) is 5.23. The minimum atomic E-state index is -0.410. The number of nitrogens with zero attached hydrogens (tertiary/aromatic N) is 3. The molecule has 0 aliphatic heterocycles. The van der Waals surface area contributed by atoms with Crippen molar-refractivity contribution >= 4 is 28.7 Å². The highest BCUT2D eigenvalue weighted by molar-refractivity contribution is 6.31. The number of carbonyl (C=O) groups excluding carboxylic acids is 1. The number of pyridine rings is 1. The normalized spacial score (nSPS) is 11.0. The number of amides is 1. The molecule has 0 fully saturated rings. The highest BCUT2D eigenvalue weighted by Crippen LogP contribution is 2.25. The molecule has 0 bridgehead atoms. The van der Waals surface area contributed by atoms with Gasteiger partial charge in [0.25, 0.3) is 5.91 Å². The molecule has 4 aromatic rings. The number of fused-ring (bicyclic) bond motifs is 1. The average molecular weight is 423 g/mol. The number of carbonyl (C=O) groups is 1. The first-order chi connectivity index (χ1) is 14.6. The summed E-state index contributed by atoms with van der Waals surface area (Å²) in [4.78, 5) is 21.9. The molecular formula is C23H20ClFN4O. The second kappa shape index (κ2) is 8.63. The molecule has 0 saturated heterocycles. The first-order valence-electron chi connectivity index (χ1n) is 9.70. The molecule has 0 spiro atoms. The van der Waals surface area contributed by atoms with Crippen LogP contribution in [-0.4, -0.2) is 20.4 Å². The van der Waals surface area contributed by atoms with Crippen molar-refractivity contribution < 1.29 is 9.18 Å². The number of halogens is 2. The highest BCUT2D eigenvalue weighted by atomic mass is 35.5. The third-order valence-electron chi connectivity index (χ3n) is 4.79. The number of nitrogens with one attached hydrogen (secondary N) is 1.